The van der Waals surface area contributed by atoms with Gasteiger partial charge < -0.3 is 15.0 Å². The van der Waals surface area contributed by atoms with Crippen molar-refractivity contribution in [1.29, 1.82) is 0 Å². The summed E-state index contributed by atoms with van der Waals surface area (Å²) in [7, 11) is 0. The molecule has 0 saturated carbocycles. The van der Waals surface area contributed by atoms with Gasteiger partial charge in [0.25, 0.3) is 0 Å². The van der Waals surface area contributed by atoms with Gasteiger partial charge in [-0.3, -0.25) is 0 Å². The fraction of sp³-hybridized carbons (Fsp3) is 1.00. The van der Waals surface area contributed by atoms with Crippen LogP contribution < -0.4 is 5.32 Å². The summed E-state index contributed by atoms with van der Waals surface area (Å²) in [5, 5.41) is 3.49. The zero-order chi connectivity index (χ0) is 9.64. The van der Waals surface area contributed by atoms with Gasteiger partial charge in [0.2, 0.25) is 0 Å². The van der Waals surface area contributed by atoms with Crippen LogP contribution in [0.15, 0.2) is 0 Å². The lowest BCUT2D eigenvalue weighted by molar-refractivity contribution is 0.109. The normalized spacial score (nSPS) is 28.7. The lowest BCUT2D eigenvalue weighted by Crippen LogP contribution is -2.34. The highest BCUT2D eigenvalue weighted by atomic mass is 16.5. The first-order valence-electron chi connectivity index (χ1n) is 6.00. The molecule has 0 amide bonds. The summed E-state index contributed by atoms with van der Waals surface area (Å²) in [5.74, 6) is 0. The molecule has 0 aliphatic carbocycles. The zero-order valence-corrected chi connectivity index (χ0v) is 9.00. The fourth-order valence-corrected chi connectivity index (χ4v) is 2.31. The topological polar surface area (TPSA) is 24.5 Å². The average molecular weight is 198 g/mol. The van der Waals surface area contributed by atoms with E-state index in [9.17, 15) is 0 Å². The molecule has 0 unspecified atom stereocenters. The Kier molecular flexibility index (Phi) is 4.22. The van der Waals surface area contributed by atoms with Gasteiger partial charge >= 0.3 is 0 Å². The van der Waals surface area contributed by atoms with Gasteiger partial charge in [-0.1, -0.05) is 0 Å². The summed E-state index contributed by atoms with van der Waals surface area (Å²) < 4.78 is 5.55. The van der Waals surface area contributed by atoms with Crippen molar-refractivity contribution < 1.29 is 4.74 Å². The quantitative estimate of drug-likeness (QED) is 0.663. The van der Waals surface area contributed by atoms with Gasteiger partial charge in [-0.05, 0) is 38.8 Å². The first-order chi connectivity index (χ1) is 6.95. The maximum Gasteiger partial charge on any atom is 0.0700 e. The van der Waals surface area contributed by atoms with Crippen molar-refractivity contribution >= 4 is 0 Å². The molecule has 1 atom stereocenters. The van der Waals surface area contributed by atoms with E-state index < -0.39 is 0 Å². The Balaban J connectivity index is 1.46. The van der Waals surface area contributed by atoms with Gasteiger partial charge in [-0.2, -0.15) is 0 Å². The molecule has 0 aromatic rings. The van der Waals surface area contributed by atoms with E-state index in [4.69, 9.17) is 4.74 Å². The minimum absolute atomic E-state index is 0.494. The summed E-state index contributed by atoms with van der Waals surface area (Å²) in [6.45, 7) is 6.97. The molecule has 0 aromatic carbocycles. The summed E-state index contributed by atoms with van der Waals surface area (Å²) in [4.78, 5) is 2.54. The SMILES string of the molecule is C1CO[C@H](CNCCN2CCCC2)C1. The van der Waals surface area contributed by atoms with E-state index in [0.717, 1.165) is 19.7 Å². The monoisotopic (exact) mass is 198 g/mol. The van der Waals surface area contributed by atoms with Crippen molar-refractivity contribution in [3.05, 3.63) is 0 Å². The Labute approximate surface area is 86.8 Å². The van der Waals surface area contributed by atoms with E-state index in [1.54, 1.807) is 0 Å². The van der Waals surface area contributed by atoms with Gasteiger partial charge in [0.15, 0.2) is 0 Å². The second kappa shape index (κ2) is 5.69. The third-order valence-electron chi connectivity index (χ3n) is 3.20. The number of hydrogen-bond acceptors (Lipinski definition) is 3. The Bertz CT molecular complexity index is 133. The maximum atomic E-state index is 5.55. The standard InChI is InChI=1S/C11H22N2O/c1-2-7-13(6-1)8-5-12-10-11-4-3-9-14-11/h11-12H,1-10H2/t11-/m0/s1. The van der Waals surface area contributed by atoms with E-state index in [-0.39, 0.29) is 0 Å². The molecule has 2 heterocycles. The van der Waals surface area contributed by atoms with E-state index in [1.165, 1.54) is 45.3 Å². The van der Waals surface area contributed by atoms with Gasteiger partial charge in [0.1, 0.15) is 0 Å². The second-order valence-electron chi connectivity index (χ2n) is 4.39. The molecule has 0 bridgehead atoms. The van der Waals surface area contributed by atoms with Gasteiger partial charge in [0, 0.05) is 26.2 Å². The van der Waals surface area contributed by atoms with Crippen LogP contribution in [0.3, 0.4) is 0 Å². The van der Waals surface area contributed by atoms with Crippen LogP contribution in [0.4, 0.5) is 0 Å². The molecular weight excluding hydrogens is 176 g/mol. The molecule has 2 rings (SSSR count). The van der Waals surface area contributed by atoms with Crippen LogP contribution in [0, 0.1) is 0 Å². The molecule has 3 nitrogen and oxygen atoms in total. The van der Waals surface area contributed by atoms with E-state index >= 15 is 0 Å². The van der Waals surface area contributed by atoms with Crippen molar-refractivity contribution in [3.8, 4) is 0 Å². The first kappa shape index (κ1) is 10.4. The lowest BCUT2D eigenvalue weighted by Gasteiger charge is -2.16. The molecule has 2 fully saturated rings. The Morgan fingerprint density at radius 1 is 1.21 bits per heavy atom. The third kappa shape index (κ3) is 3.23. The predicted octanol–water partition coefficient (Wildman–Crippen LogP) is 0.851. The molecule has 2 saturated heterocycles. The number of likely N-dealkylation sites (tertiary alicyclic amines) is 1. The van der Waals surface area contributed by atoms with E-state index in [2.05, 4.69) is 10.2 Å². The molecule has 2 aliphatic heterocycles. The number of nitrogens with zero attached hydrogens (tertiary/aromatic N) is 1. The minimum Gasteiger partial charge on any atom is -0.377 e. The lowest BCUT2D eigenvalue weighted by atomic mass is 10.2. The predicted molar refractivity (Wildman–Crippen MR) is 57.5 cm³/mol. The van der Waals surface area contributed by atoms with Crippen LogP contribution in [0.2, 0.25) is 0 Å². The van der Waals surface area contributed by atoms with Crippen molar-refractivity contribution in [3.63, 3.8) is 0 Å². The molecular formula is C11H22N2O. The summed E-state index contributed by atoms with van der Waals surface area (Å²) in [6.07, 6.45) is 5.78. The van der Waals surface area contributed by atoms with Crippen LogP contribution >= 0.6 is 0 Å². The van der Waals surface area contributed by atoms with Gasteiger partial charge in [-0.15, -0.1) is 0 Å². The minimum atomic E-state index is 0.494. The summed E-state index contributed by atoms with van der Waals surface area (Å²) in [5.41, 5.74) is 0. The molecule has 0 radical (unpaired) electrons. The fourth-order valence-electron chi connectivity index (χ4n) is 2.31. The molecule has 0 aromatic heterocycles. The molecule has 0 spiro atoms. The number of ether oxygens (including phenoxy) is 1. The average Bonchev–Trinajstić information content (AvgIpc) is 2.86. The number of hydrogen-bond donors (Lipinski definition) is 1. The van der Waals surface area contributed by atoms with Crippen LogP contribution in [-0.4, -0.2) is 50.3 Å². The second-order valence-corrected chi connectivity index (χ2v) is 4.39. The molecule has 2 aliphatic rings. The molecule has 82 valence electrons. The highest BCUT2D eigenvalue weighted by Gasteiger charge is 2.15. The third-order valence-corrected chi connectivity index (χ3v) is 3.20. The largest absolute Gasteiger partial charge is 0.377 e. The molecule has 3 heteroatoms. The number of nitrogens with one attached hydrogen (secondary N) is 1. The van der Waals surface area contributed by atoms with Crippen LogP contribution in [-0.2, 0) is 4.74 Å². The van der Waals surface area contributed by atoms with Crippen molar-refractivity contribution in [2.75, 3.05) is 39.3 Å². The van der Waals surface area contributed by atoms with Crippen LogP contribution in [0.25, 0.3) is 0 Å². The van der Waals surface area contributed by atoms with Crippen LogP contribution in [0.5, 0.6) is 0 Å². The zero-order valence-electron chi connectivity index (χ0n) is 9.00. The van der Waals surface area contributed by atoms with Crippen molar-refractivity contribution in [1.82, 2.24) is 10.2 Å². The van der Waals surface area contributed by atoms with Crippen molar-refractivity contribution in [2.45, 2.75) is 31.8 Å². The highest BCUT2D eigenvalue weighted by molar-refractivity contribution is 4.70. The van der Waals surface area contributed by atoms with Gasteiger partial charge in [0.05, 0.1) is 6.10 Å². The Morgan fingerprint density at radius 2 is 2.07 bits per heavy atom. The van der Waals surface area contributed by atoms with Gasteiger partial charge in [-0.25, -0.2) is 0 Å². The number of rotatable bonds is 5. The first-order valence-corrected chi connectivity index (χ1v) is 6.00. The highest BCUT2D eigenvalue weighted by Crippen LogP contribution is 2.10. The summed E-state index contributed by atoms with van der Waals surface area (Å²) in [6, 6.07) is 0. The van der Waals surface area contributed by atoms with E-state index in [1.807, 2.05) is 0 Å². The smallest absolute Gasteiger partial charge is 0.0700 e. The van der Waals surface area contributed by atoms with E-state index in [0.29, 0.717) is 6.10 Å². The Morgan fingerprint density at radius 3 is 2.79 bits per heavy atom. The Hall–Kier alpha value is -0.120. The molecule has 1 N–H and O–H groups in total. The summed E-state index contributed by atoms with van der Waals surface area (Å²) >= 11 is 0. The molecule has 14 heavy (non-hydrogen) atoms. The van der Waals surface area contributed by atoms with Crippen molar-refractivity contribution in [2.24, 2.45) is 0 Å². The van der Waals surface area contributed by atoms with Crippen LogP contribution in [0.1, 0.15) is 25.7 Å². The maximum absolute atomic E-state index is 5.55.